The number of hydrogen-bond donors (Lipinski definition) is 2. The maximum atomic E-state index is 12.3. The molecule has 2 aliphatic heterocycles. The molecule has 164 valence electrons. The Balaban J connectivity index is 1.28. The molecule has 0 unspecified atom stereocenters. The Hall–Kier alpha value is -1.20. The largest absolute Gasteiger partial charge is 0.338 e. The van der Waals surface area contributed by atoms with Crippen molar-refractivity contribution in [2.24, 2.45) is 0 Å². The zero-order valence-corrected chi connectivity index (χ0v) is 18.8. The van der Waals surface area contributed by atoms with Crippen LogP contribution in [0.5, 0.6) is 0 Å². The third-order valence-corrected chi connectivity index (χ3v) is 8.56. The van der Waals surface area contributed by atoms with Crippen LogP contribution in [0, 0.1) is 0 Å². The van der Waals surface area contributed by atoms with Gasteiger partial charge in [0.25, 0.3) is 0 Å². The van der Waals surface area contributed by atoms with E-state index < -0.39 is 10.0 Å². The van der Waals surface area contributed by atoms with E-state index in [4.69, 9.17) is 0 Å². The summed E-state index contributed by atoms with van der Waals surface area (Å²) in [7, 11) is -1.28. The highest BCUT2D eigenvalue weighted by atomic mass is 32.2. The highest BCUT2D eigenvalue weighted by molar-refractivity contribution is 7.91. The lowest BCUT2D eigenvalue weighted by molar-refractivity contribution is 0.151. The summed E-state index contributed by atoms with van der Waals surface area (Å²) in [5.41, 5.74) is 0. The first-order valence-electron chi connectivity index (χ1n) is 10.4. The summed E-state index contributed by atoms with van der Waals surface area (Å²) >= 11 is 1.22. The molecule has 1 aromatic heterocycles. The number of sulfonamides is 1. The van der Waals surface area contributed by atoms with Gasteiger partial charge < -0.3 is 20.0 Å². The van der Waals surface area contributed by atoms with E-state index in [0.717, 1.165) is 45.6 Å². The number of amides is 2. The van der Waals surface area contributed by atoms with Crippen molar-refractivity contribution in [3.63, 3.8) is 0 Å². The minimum atomic E-state index is -3.44. The number of hydrogen-bond acceptors (Lipinski definition) is 6. The first-order chi connectivity index (χ1) is 13.9. The minimum Gasteiger partial charge on any atom is -0.338 e. The van der Waals surface area contributed by atoms with E-state index in [1.54, 1.807) is 22.4 Å². The summed E-state index contributed by atoms with van der Waals surface area (Å²) in [6.07, 6.45) is 3.36. The van der Waals surface area contributed by atoms with Crippen molar-refractivity contribution in [1.82, 2.24) is 24.7 Å². The van der Waals surface area contributed by atoms with E-state index in [1.807, 2.05) is 0 Å². The third kappa shape index (κ3) is 6.92. The number of nitrogens with zero attached hydrogens (tertiary/aromatic N) is 3. The van der Waals surface area contributed by atoms with Crippen LogP contribution in [-0.2, 0) is 10.0 Å². The second-order valence-electron chi connectivity index (χ2n) is 7.90. The number of urea groups is 1. The molecule has 0 aromatic carbocycles. The Kier molecular flexibility index (Phi) is 8.31. The van der Waals surface area contributed by atoms with Gasteiger partial charge in [-0.15, -0.1) is 11.3 Å². The van der Waals surface area contributed by atoms with Crippen molar-refractivity contribution < 1.29 is 13.2 Å². The maximum Gasteiger partial charge on any atom is 0.317 e. The van der Waals surface area contributed by atoms with E-state index in [2.05, 4.69) is 26.9 Å². The fourth-order valence-electron chi connectivity index (χ4n) is 3.73. The number of carbonyl (C=O) groups excluding carboxylic acids is 1. The average Bonchev–Trinajstić information content (AvgIpc) is 3.25. The molecule has 2 amide bonds. The molecule has 0 radical (unpaired) electrons. The lowest BCUT2D eigenvalue weighted by atomic mass is 10.1. The van der Waals surface area contributed by atoms with Gasteiger partial charge in [-0.1, -0.05) is 6.07 Å². The van der Waals surface area contributed by atoms with Gasteiger partial charge in [-0.05, 0) is 50.7 Å². The molecule has 2 aliphatic rings. The van der Waals surface area contributed by atoms with Crippen LogP contribution in [0.15, 0.2) is 21.7 Å². The number of thiophene rings is 1. The molecule has 0 aliphatic carbocycles. The van der Waals surface area contributed by atoms with E-state index in [-0.39, 0.29) is 12.1 Å². The van der Waals surface area contributed by atoms with Crippen LogP contribution in [0.2, 0.25) is 0 Å². The minimum absolute atomic E-state index is 0.0378. The smallest absolute Gasteiger partial charge is 0.317 e. The summed E-state index contributed by atoms with van der Waals surface area (Å²) < 4.78 is 27.7. The molecular weight excluding hydrogens is 410 g/mol. The molecule has 29 heavy (non-hydrogen) atoms. The molecule has 2 saturated heterocycles. The number of likely N-dealkylation sites (N-methyl/N-ethyl adjacent to an activating group) is 1. The molecule has 2 fully saturated rings. The Labute approximate surface area is 178 Å². The van der Waals surface area contributed by atoms with Crippen molar-refractivity contribution in [1.29, 1.82) is 0 Å². The van der Waals surface area contributed by atoms with E-state index in [1.165, 1.54) is 11.3 Å². The summed E-state index contributed by atoms with van der Waals surface area (Å²) in [6.45, 7) is 7.47. The summed E-state index contributed by atoms with van der Waals surface area (Å²) in [4.78, 5) is 19.0. The Morgan fingerprint density at radius 1 is 1.14 bits per heavy atom. The van der Waals surface area contributed by atoms with Crippen molar-refractivity contribution >= 4 is 27.4 Å². The SMILES string of the molecule is CN1CCN(CCCCNC(=O)N2CCC(NS(=O)(=O)c3cccs3)CC2)CC1. The lowest BCUT2D eigenvalue weighted by Crippen LogP contribution is -2.49. The molecule has 1 aromatic rings. The fourth-order valence-corrected chi connectivity index (χ4v) is 6.05. The van der Waals surface area contributed by atoms with Crippen LogP contribution < -0.4 is 10.0 Å². The molecule has 0 spiro atoms. The number of carbonyl (C=O) groups is 1. The van der Waals surface area contributed by atoms with Gasteiger partial charge in [-0.2, -0.15) is 0 Å². The number of unbranched alkanes of at least 4 members (excludes halogenated alkanes) is 1. The highest BCUT2D eigenvalue weighted by Gasteiger charge is 2.27. The molecule has 3 rings (SSSR count). The average molecular weight is 444 g/mol. The zero-order chi connectivity index (χ0) is 20.7. The van der Waals surface area contributed by atoms with Crippen LogP contribution >= 0.6 is 11.3 Å². The van der Waals surface area contributed by atoms with Gasteiger partial charge in [0.2, 0.25) is 10.0 Å². The van der Waals surface area contributed by atoms with Gasteiger partial charge in [0.1, 0.15) is 4.21 Å². The van der Waals surface area contributed by atoms with Crippen LogP contribution in [-0.4, -0.2) is 94.6 Å². The van der Waals surface area contributed by atoms with Gasteiger partial charge in [0.15, 0.2) is 0 Å². The summed E-state index contributed by atoms with van der Waals surface area (Å²) in [5.74, 6) is 0. The standard InChI is InChI=1S/C19H33N5O3S2/c1-22-12-14-23(15-13-22)9-3-2-8-20-19(25)24-10-6-17(7-11-24)21-29(26,27)18-5-4-16-28-18/h4-5,16-17,21H,2-3,6-15H2,1H3,(H,20,25). The van der Waals surface area contributed by atoms with Gasteiger partial charge >= 0.3 is 6.03 Å². The molecule has 3 heterocycles. The number of nitrogens with one attached hydrogen (secondary N) is 2. The van der Waals surface area contributed by atoms with E-state index in [0.29, 0.717) is 36.7 Å². The topological polar surface area (TPSA) is 85.0 Å². The number of rotatable bonds is 8. The van der Waals surface area contributed by atoms with Crippen LogP contribution in [0.25, 0.3) is 0 Å². The molecule has 8 nitrogen and oxygen atoms in total. The summed E-state index contributed by atoms with van der Waals surface area (Å²) in [6, 6.07) is 3.19. The zero-order valence-electron chi connectivity index (χ0n) is 17.2. The number of piperidine rings is 1. The second-order valence-corrected chi connectivity index (χ2v) is 10.8. The maximum absolute atomic E-state index is 12.3. The van der Waals surface area contributed by atoms with Gasteiger partial charge in [-0.25, -0.2) is 17.9 Å². The van der Waals surface area contributed by atoms with E-state index in [9.17, 15) is 13.2 Å². The highest BCUT2D eigenvalue weighted by Crippen LogP contribution is 2.18. The molecule has 0 bridgehead atoms. The Bertz CT molecular complexity index is 725. The first kappa shape index (κ1) is 22.5. The normalized spacial score (nSPS) is 20.1. The second kappa shape index (κ2) is 10.7. The van der Waals surface area contributed by atoms with Crippen molar-refractivity contribution in [3.8, 4) is 0 Å². The predicted octanol–water partition coefficient (Wildman–Crippen LogP) is 1.23. The van der Waals surface area contributed by atoms with Gasteiger partial charge in [-0.3, -0.25) is 0 Å². The first-order valence-corrected chi connectivity index (χ1v) is 12.8. The Morgan fingerprint density at radius 2 is 1.86 bits per heavy atom. The van der Waals surface area contributed by atoms with Crippen LogP contribution in [0.4, 0.5) is 4.79 Å². The molecular formula is C19H33N5O3S2. The molecule has 2 N–H and O–H groups in total. The number of piperazine rings is 1. The van der Waals surface area contributed by atoms with Crippen molar-refractivity contribution in [3.05, 3.63) is 17.5 Å². The molecule has 0 saturated carbocycles. The molecule has 0 atom stereocenters. The monoisotopic (exact) mass is 443 g/mol. The van der Waals surface area contributed by atoms with Crippen LogP contribution in [0.1, 0.15) is 25.7 Å². The third-order valence-electron chi connectivity index (χ3n) is 5.64. The van der Waals surface area contributed by atoms with Crippen LogP contribution in [0.3, 0.4) is 0 Å². The van der Waals surface area contributed by atoms with Crippen molar-refractivity contribution in [2.45, 2.75) is 35.9 Å². The fraction of sp³-hybridized carbons (Fsp3) is 0.737. The van der Waals surface area contributed by atoms with Gasteiger partial charge in [0, 0.05) is 51.9 Å². The Morgan fingerprint density at radius 3 is 2.52 bits per heavy atom. The number of likely N-dealkylation sites (tertiary alicyclic amines) is 1. The quantitative estimate of drug-likeness (QED) is 0.591. The lowest BCUT2D eigenvalue weighted by Gasteiger charge is -2.32. The van der Waals surface area contributed by atoms with Gasteiger partial charge in [0.05, 0.1) is 0 Å². The predicted molar refractivity (Wildman–Crippen MR) is 116 cm³/mol. The summed E-state index contributed by atoms with van der Waals surface area (Å²) in [5, 5.41) is 4.76. The van der Waals surface area contributed by atoms with Crippen molar-refractivity contribution in [2.75, 3.05) is 59.4 Å². The molecule has 10 heteroatoms. The van der Waals surface area contributed by atoms with E-state index >= 15 is 0 Å².